The van der Waals surface area contributed by atoms with E-state index in [0.717, 1.165) is 6.07 Å². The first-order chi connectivity index (χ1) is 10.8. The highest BCUT2D eigenvalue weighted by Crippen LogP contribution is 2.34. The Bertz CT molecular complexity index is 671. The van der Waals surface area contributed by atoms with Crippen molar-refractivity contribution in [2.24, 2.45) is 0 Å². The summed E-state index contributed by atoms with van der Waals surface area (Å²) >= 11 is 0. The summed E-state index contributed by atoms with van der Waals surface area (Å²) in [5, 5.41) is 9.38. The standard InChI is InChI=1S/C16H14F3O4/c1-10(22-12-5-3-4-11(20)8-12)14-7-6-13(9-15(14)21-2)23-16(17,18)19/h4-10,20H,1-2H3. The van der Waals surface area contributed by atoms with Gasteiger partial charge in [0.05, 0.1) is 7.11 Å². The Morgan fingerprint density at radius 3 is 2.48 bits per heavy atom. The van der Waals surface area contributed by atoms with Gasteiger partial charge >= 0.3 is 6.36 Å². The molecule has 0 saturated carbocycles. The second-order valence-corrected chi connectivity index (χ2v) is 4.64. The van der Waals surface area contributed by atoms with Crippen molar-refractivity contribution in [2.75, 3.05) is 7.11 Å². The lowest BCUT2D eigenvalue weighted by atomic mass is 10.1. The number of halogens is 3. The number of benzene rings is 2. The van der Waals surface area contributed by atoms with Crippen LogP contribution in [0.5, 0.6) is 23.0 Å². The Morgan fingerprint density at radius 1 is 1.13 bits per heavy atom. The zero-order chi connectivity index (χ0) is 17.0. The van der Waals surface area contributed by atoms with E-state index in [1.807, 2.05) is 0 Å². The molecule has 4 nitrogen and oxygen atoms in total. The van der Waals surface area contributed by atoms with Crippen molar-refractivity contribution in [3.05, 3.63) is 48.0 Å². The Morgan fingerprint density at radius 2 is 1.87 bits per heavy atom. The lowest BCUT2D eigenvalue weighted by Crippen LogP contribution is -2.17. The van der Waals surface area contributed by atoms with Crippen LogP contribution < -0.4 is 14.2 Å². The van der Waals surface area contributed by atoms with Gasteiger partial charge in [0.25, 0.3) is 0 Å². The van der Waals surface area contributed by atoms with Gasteiger partial charge in [0.15, 0.2) is 0 Å². The largest absolute Gasteiger partial charge is 0.573 e. The average molecular weight is 327 g/mol. The van der Waals surface area contributed by atoms with E-state index in [2.05, 4.69) is 10.8 Å². The Labute approximate surface area is 131 Å². The van der Waals surface area contributed by atoms with E-state index in [1.54, 1.807) is 6.92 Å². The second kappa shape index (κ2) is 6.68. The molecule has 0 fully saturated rings. The normalized spacial score (nSPS) is 12.6. The van der Waals surface area contributed by atoms with Gasteiger partial charge in [-0.25, -0.2) is 0 Å². The van der Waals surface area contributed by atoms with Gasteiger partial charge in [0.2, 0.25) is 0 Å². The first-order valence-corrected chi connectivity index (χ1v) is 6.59. The zero-order valence-electron chi connectivity index (χ0n) is 12.3. The maximum Gasteiger partial charge on any atom is 0.573 e. The topological polar surface area (TPSA) is 47.9 Å². The molecule has 123 valence electrons. The summed E-state index contributed by atoms with van der Waals surface area (Å²) in [6.07, 6.45) is -5.30. The van der Waals surface area contributed by atoms with Gasteiger partial charge in [-0.1, -0.05) is 0 Å². The number of rotatable bonds is 5. The van der Waals surface area contributed by atoms with Gasteiger partial charge in [-0.15, -0.1) is 13.2 Å². The van der Waals surface area contributed by atoms with Crippen LogP contribution in [0.4, 0.5) is 13.2 Å². The molecule has 23 heavy (non-hydrogen) atoms. The average Bonchev–Trinajstić information content (AvgIpc) is 2.45. The third-order valence-electron chi connectivity index (χ3n) is 2.94. The first kappa shape index (κ1) is 16.8. The number of aromatic hydroxyl groups is 1. The van der Waals surface area contributed by atoms with Crippen LogP contribution in [0.15, 0.2) is 36.4 Å². The Balaban J connectivity index is 2.21. The number of alkyl halides is 3. The molecule has 7 heteroatoms. The molecule has 0 bridgehead atoms. The van der Waals surface area contributed by atoms with Crippen LogP contribution in [0.3, 0.4) is 0 Å². The van der Waals surface area contributed by atoms with Crippen LogP contribution in [0.2, 0.25) is 0 Å². The number of hydrogen-bond acceptors (Lipinski definition) is 4. The van der Waals surface area contributed by atoms with Crippen LogP contribution in [0.25, 0.3) is 0 Å². The van der Waals surface area contributed by atoms with Crippen molar-refractivity contribution in [3.63, 3.8) is 0 Å². The van der Waals surface area contributed by atoms with Gasteiger partial charge < -0.3 is 19.3 Å². The van der Waals surface area contributed by atoms with E-state index >= 15 is 0 Å². The molecular weight excluding hydrogens is 313 g/mol. The van der Waals surface area contributed by atoms with Crippen LogP contribution in [-0.4, -0.2) is 18.6 Å². The second-order valence-electron chi connectivity index (χ2n) is 4.64. The van der Waals surface area contributed by atoms with Gasteiger partial charge in [-0.2, -0.15) is 0 Å². The molecule has 0 aliphatic heterocycles. The van der Waals surface area contributed by atoms with Crippen LogP contribution >= 0.6 is 0 Å². The molecule has 0 aliphatic rings. The highest BCUT2D eigenvalue weighted by Gasteiger charge is 2.31. The van der Waals surface area contributed by atoms with Crippen molar-refractivity contribution in [2.45, 2.75) is 19.4 Å². The van der Waals surface area contributed by atoms with E-state index < -0.39 is 12.5 Å². The number of methoxy groups -OCH3 is 1. The highest BCUT2D eigenvalue weighted by atomic mass is 19.4. The molecule has 1 unspecified atom stereocenters. The summed E-state index contributed by atoms with van der Waals surface area (Å²) in [6, 6.07) is 10.8. The monoisotopic (exact) mass is 327 g/mol. The SMILES string of the molecule is COc1cc(OC(F)(F)F)ccc1C(C)Oc1c[c]cc(O)c1. The quantitative estimate of drug-likeness (QED) is 0.892. The summed E-state index contributed by atoms with van der Waals surface area (Å²) in [5.41, 5.74) is 0.533. The van der Waals surface area contributed by atoms with E-state index in [-0.39, 0.29) is 17.2 Å². The number of phenolic OH excluding ortho intramolecular Hbond substituents is 1. The Kier molecular flexibility index (Phi) is 4.88. The molecular formula is C16H14F3O4. The summed E-state index contributed by atoms with van der Waals surface area (Å²) < 4.78 is 51.3. The molecule has 1 N–H and O–H groups in total. The molecule has 0 amide bonds. The fourth-order valence-electron chi connectivity index (χ4n) is 2.00. The van der Waals surface area contributed by atoms with E-state index in [9.17, 15) is 18.3 Å². The molecule has 0 spiro atoms. The van der Waals surface area contributed by atoms with E-state index in [0.29, 0.717) is 11.3 Å². The van der Waals surface area contributed by atoms with Gasteiger partial charge in [-0.3, -0.25) is 0 Å². The third kappa shape index (κ3) is 4.70. The third-order valence-corrected chi connectivity index (χ3v) is 2.94. The van der Waals surface area contributed by atoms with Gasteiger partial charge in [0.1, 0.15) is 29.1 Å². The minimum atomic E-state index is -4.77. The minimum absolute atomic E-state index is 0.00408. The molecule has 1 atom stereocenters. The number of phenols is 1. The lowest BCUT2D eigenvalue weighted by Gasteiger charge is -2.19. The molecule has 2 aromatic carbocycles. The lowest BCUT2D eigenvalue weighted by molar-refractivity contribution is -0.274. The zero-order valence-corrected chi connectivity index (χ0v) is 12.3. The predicted molar refractivity (Wildman–Crippen MR) is 75.7 cm³/mol. The minimum Gasteiger partial charge on any atom is -0.508 e. The Hall–Kier alpha value is -2.57. The van der Waals surface area contributed by atoms with Crippen molar-refractivity contribution >= 4 is 0 Å². The maximum absolute atomic E-state index is 12.2. The molecule has 0 aliphatic carbocycles. The molecule has 0 aromatic heterocycles. The van der Waals surface area contributed by atoms with E-state index in [4.69, 9.17) is 9.47 Å². The number of ether oxygens (including phenoxy) is 3. The smallest absolute Gasteiger partial charge is 0.508 e. The van der Waals surface area contributed by atoms with Crippen LogP contribution in [0, 0.1) is 6.07 Å². The molecule has 2 aromatic rings. The van der Waals surface area contributed by atoms with Gasteiger partial charge in [-0.05, 0) is 37.3 Å². The summed E-state index contributed by atoms with van der Waals surface area (Å²) in [6.45, 7) is 1.70. The summed E-state index contributed by atoms with van der Waals surface area (Å²) in [4.78, 5) is 0. The van der Waals surface area contributed by atoms with Crippen molar-refractivity contribution in [1.82, 2.24) is 0 Å². The van der Waals surface area contributed by atoms with Gasteiger partial charge in [0, 0.05) is 17.7 Å². The molecule has 0 heterocycles. The van der Waals surface area contributed by atoms with Crippen LogP contribution in [0.1, 0.15) is 18.6 Å². The molecule has 1 radical (unpaired) electrons. The van der Waals surface area contributed by atoms with Crippen LogP contribution in [-0.2, 0) is 0 Å². The fourth-order valence-corrected chi connectivity index (χ4v) is 2.00. The predicted octanol–water partition coefficient (Wildman–Crippen LogP) is 4.24. The fraction of sp³-hybridized carbons (Fsp3) is 0.250. The number of hydrogen-bond donors (Lipinski definition) is 1. The van der Waals surface area contributed by atoms with Crippen molar-refractivity contribution < 1.29 is 32.5 Å². The molecule has 0 saturated heterocycles. The van der Waals surface area contributed by atoms with E-state index in [1.165, 1.54) is 37.4 Å². The first-order valence-electron chi connectivity index (χ1n) is 6.59. The van der Waals surface area contributed by atoms with Crippen molar-refractivity contribution in [1.29, 1.82) is 0 Å². The summed E-state index contributed by atoms with van der Waals surface area (Å²) in [5.74, 6) is 0.185. The highest BCUT2D eigenvalue weighted by molar-refractivity contribution is 5.42. The maximum atomic E-state index is 12.2. The van der Waals surface area contributed by atoms with Crippen molar-refractivity contribution in [3.8, 4) is 23.0 Å². The molecule has 2 rings (SSSR count). The summed E-state index contributed by atoms with van der Waals surface area (Å²) in [7, 11) is 1.34.